The fraction of sp³-hybridized carbons (Fsp3) is 0.300. The molecule has 4 nitrogen and oxygen atoms in total. The lowest BCUT2D eigenvalue weighted by molar-refractivity contribution is -0.161. The van der Waals surface area contributed by atoms with Gasteiger partial charge in [-0.1, -0.05) is 6.07 Å². The summed E-state index contributed by atoms with van der Waals surface area (Å²) in [5.74, 6) is -1.13. The quantitative estimate of drug-likeness (QED) is 0.657. The Balaban J connectivity index is 2.86. The molecule has 0 aromatic heterocycles. The summed E-state index contributed by atoms with van der Waals surface area (Å²) >= 11 is 0. The number of anilines is 1. The topological polar surface area (TPSA) is 61.5 Å². The molecule has 0 bridgehead atoms. The first-order chi connectivity index (χ1) is 7.85. The molecule has 0 radical (unpaired) electrons. The molecule has 0 heterocycles. The van der Waals surface area contributed by atoms with Crippen molar-refractivity contribution in [2.75, 3.05) is 19.5 Å². The summed E-state index contributed by atoms with van der Waals surface area (Å²) in [4.78, 5) is 11.4. The van der Waals surface area contributed by atoms with Gasteiger partial charge in [0.05, 0.1) is 12.8 Å². The Kier molecular flexibility index (Phi) is 3.82. The van der Waals surface area contributed by atoms with Crippen LogP contribution in [-0.4, -0.2) is 25.9 Å². The summed E-state index contributed by atoms with van der Waals surface area (Å²) in [7, 11) is 1.26. The number of hydrogen-bond acceptors (Lipinski definition) is 4. The van der Waals surface area contributed by atoms with Crippen molar-refractivity contribution in [3.63, 3.8) is 0 Å². The molecule has 0 aliphatic rings. The molecule has 0 fully saturated rings. The highest BCUT2D eigenvalue weighted by atomic mass is 19.4. The first-order valence-corrected chi connectivity index (χ1v) is 4.51. The van der Waals surface area contributed by atoms with E-state index in [1.165, 1.54) is 25.3 Å². The number of alkyl halides is 3. The van der Waals surface area contributed by atoms with Gasteiger partial charge in [0.1, 0.15) is 5.56 Å². The number of methoxy groups -OCH3 is 1. The average Bonchev–Trinajstić information content (AvgIpc) is 2.24. The largest absolute Gasteiger partial charge is 0.494 e. The molecule has 2 N–H and O–H groups in total. The van der Waals surface area contributed by atoms with Crippen LogP contribution in [0.5, 0.6) is 5.75 Å². The molecule has 7 heteroatoms. The summed E-state index contributed by atoms with van der Waals surface area (Å²) in [5, 5.41) is 0. The van der Waals surface area contributed by atoms with Gasteiger partial charge in [-0.3, -0.25) is 0 Å². The second-order valence-corrected chi connectivity index (χ2v) is 3.12. The van der Waals surface area contributed by atoms with Gasteiger partial charge in [-0.05, 0) is 12.1 Å². The maximum atomic E-state index is 11.9. The molecule has 0 aliphatic carbocycles. The van der Waals surface area contributed by atoms with Gasteiger partial charge in [0.25, 0.3) is 0 Å². The minimum Gasteiger partial charge on any atom is -0.494 e. The number of nitrogen functional groups attached to an aromatic ring is 1. The smallest absolute Gasteiger partial charge is 0.422 e. The van der Waals surface area contributed by atoms with Crippen molar-refractivity contribution in [2.24, 2.45) is 0 Å². The number of para-hydroxylation sites is 1. The third kappa shape index (κ3) is 3.54. The van der Waals surface area contributed by atoms with E-state index >= 15 is 0 Å². The van der Waals surface area contributed by atoms with Gasteiger partial charge in [-0.25, -0.2) is 4.79 Å². The molecule has 1 aromatic rings. The third-order valence-corrected chi connectivity index (χ3v) is 1.84. The lowest BCUT2D eigenvalue weighted by atomic mass is 10.2. The van der Waals surface area contributed by atoms with Crippen molar-refractivity contribution in [1.82, 2.24) is 0 Å². The van der Waals surface area contributed by atoms with Gasteiger partial charge < -0.3 is 15.2 Å². The van der Waals surface area contributed by atoms with E-state index < -0.39 is 18.8 Å². The van der Waals surface area contributed by atoms with Crippen LogP contribution in [0.15, 0.2) is 18.2 Å². The van der Waals surface area contributed by atoms with E-state index in [9.17, 15) is 18.0 Å². The average molecular weight is 249 g/mol. The Morgan fingerprint density at radius 2 is 2.06 bits per heavy atom. The highest BCUT2D eigenvalue weighted by Crippen LogP contribution is 2.27. The van der Waals surface area contributed by atoms with Crippen LogP contribution in [0.2, 0.25) is 0 Å². The van der Waals surface area contributed by atoms with E-state index in [-0.39, 0.29) is 17.0 Å². The Morgan fingerprint density at radius 1 is 1.41 bits per heavy atom. The first-order valence-electron chi connectivity index (χ1n) is 4.51. The van der Waals surface area contributed by atoms with E-state index in [2.05, 4.69) is 4.74 Å². The van der Waals surface area contributed by atoms with E-state index in [4.69, 9.17) is 10.5 Å². The Morgan fingerprint density at radius 3 is 2.59 bits per heavy atom. The monoisotopic (exact) mass is 249 g/mol. The van der Waals surface area contributed by atoms with Crippen LogP contribution in [-0.2, 0) is 4.74 Å². The third-order valence-electron chi connectivity index (χ3n) is 1.84. The Labute approximate surface area is 95.1 Å². The molecule has 0 amide bonds. The van der Waals surface area contributed by atoms with Crippen molar-refractivity contribution >= 4 is 11.7 Å². The van der Waals surface area contributed by atoms with Gasteiger partial charge in [0.2, 0.25) is 0 Å². The minimum atomic E-state index is -4.57. The van der Waals surface area contributed by atoms with Gasteiger partial charge >= 0.3 is 12.1 Å². The first kappa shape index (κ1) is 13.1. The number of nitrogens with two attached hydrogens (primary N) is 1. The summed E-state index contributed by atoms with van der Waals surface area (Å²) in [6.45, 7) is -1.65. The predicted molar refractivity (Wildman–Crippen MR) is 53.7 cm³/mol. The van der Waals surface area contributed by atoms with Crippen molar-refractivity contribution < 1.29 is 27.4 Å². The molecule has 0 saturated carbocycles. The fourth-order valence-corrected chi connectivity index (χ4v) is 1.17. The summed E-state index contributed by atoms with van der Waals surface area (Å²) in [6, 6.07) is 4.15. The zero-order chi connectivity index (χ0) is 13.1. The molecule has 0 atom stereocenters. The van der Waals surface area contributed by atoms with Gasteiger partial charge in [-0.2, -0.15) is 13.2 Å². The minimum absolute atomic E-state index is 0.000301. The zero-order valence-electron chi connectivity index (χ0n) is 8.88. The Hall–Kier alpha value is -1.92. The molecule has 0 spiro atoms. The number of hydrogen-bond donors (Lipinski definition) is 1. The number of carbonyl (C=O) groups is 1. The maximum absolute atomic E-state index is 11.9. The molecule has 0 saturated heterocycles. The molecule has 94 valence electrons. The highest BCUT2D eigenvalue weighted by Gasteiger charge is 2.30. The number of esters is 1. The molecule has 0 aliphatic heterocycles. The van der Waals surface area contributed by atoms with Crippen LogP contribution in [0.1, 0.15) is 10.4 Å². The van der Waals surface area contributed by atoms with Crippen molar-refractivity contribution in [2.45, 2.75) is 6.18 Å². The number of rotatable bonds is 3. The second kappa shape index (κ2) is 4.94. The lowest BCUT2D eigenvalue weighted by Gasteiger charge is -2.11. The normalized spacial score (nSPS) is 11.1. The van der Waals surface area contributed by atoms with Crippen molar-refractivity contribution in [3.8, 4) is 5.75 Å². The second-order valence-electron chi connectivity index (χ2n) is 3.12. The van der Waals surface area contributed by atoms with E-state index in [1.807, 2.05) is 0 Å². The van der Waals surface area contributed by atoms with E-state index in [0.29, 0.717) is 0 Å². The summed E-state index contributed by atoms with van der Waals surface area (Å²) in [6.07, 6.45) is -4.57. The molecular weight excluding hydrogens is 239 g/mol. The van der Waals surface area contributed by atoms with Gasteiger partial charge in [0, 0.05) is 0 Å². The molecule has 17 heavy (non-hydrogen) atoms. The standard InChI is InChI=1S/C10H10F3NO3/c1-16-8-6(3-2-4-7(8)14)9(15)17-5-10(11,12)13/h2-4H,5,14H2,1H3. The highest BCUT2D eigenvalue weighted by molar-refractivity contribution is 5.94. The van der Waals surface area contributed by atoms with E-state index in [0.717, 1.165) is 0 Å². The SMILES string of the molecule is COc1c(N)cccc1C(=O)OCC(F)(F)F. The number of benzene rings is 1. The molecule has 0 unspecified atom stereocenters. The van der Waals surface area contributed by atoms with Gasteiger partial charge in [-0.15, -0.1) is 0 Å². The molecular formula is C10H10F3NO3. The zero-order valence-corrected chi connectivity index (χ0v) is 8.88. The van der Waals surface area contributed by atoms with Crippen LogP contribution >= 0.6 is 0 Å². The van der Waals surface area contributed by atoms with Gasteiger partial charge in [0.15, 0.2) is 12.4 Å². The van der Waals surface area contributed by atoms with Crippen LogP contribution in [0.3, 0.4) is 0 Å². The van der Waals surface area contributed by atoms with E-state index in [1.54, 1.807) is 0 Å². The van der Waals surface area contributed by atoms with Crippen molar-refractivity contribution in [1.29, 1.82) is 0 Å². The lowest BCUT2D eigenvalue weighted by Crippen LogP contribution is -2.20. The predicted octanol–water partition coefficient (Wildman–Crippen LogP) is 2.00. The number of carbonyl (C=O) groups excluding carboxylic acids is 1. The summed E-state index contributed by atoms with van der Waals surface area (Å²) in [5.41, 5.74) is 5.50. The van der Waals surface area contributed by atoms with Crippen LogP contribution in [0.25, 0.3) is 0 Å². The molecule has 1 aromatic carbocycles. The number of halogens is 3. The molecule has 1 rings (SSSR count). The Bertz CT molecular complexity index is 418. The summed E-state index contributed by atoms with van der Waals surface area (Å²) < 4.78 is 44.5. The van der Waals surface area contributed by atoms with Crippen LogP contribution in [0, 0.1) is 0 Å². The maximum Gasteiger partial charge on any atom is 0.422 e. The van der Waals surface area contributed by atoms with Crippen molar-refractivity contribution in [3.05, 3.63) is 23.8 Å². The fourth-order valence-electron chi connectivity index (χ4n) is 1.17. The number of ether oxygens (including phenoxy) is 2. The van der Waals surface area contributed by atoms with Crippen LogP contribution in [0.4, 0.5) is 18.9 Å². The van der Waals surface area contributed by atoms with Crippen LogP contribution < -0.4 is 10.5 Å².